The molecule has 0 radical (unpaired) electrons. The summed E-state index contributed by atoms with van der Waals surface area (Å²) in [6.07, 6.45) is 7.75. The first-order chi connectivity index (χ1) is 8.00. The molecule has 3 aliphatic carbocycles. The highest BCUT2D eigenvalue weighted by Gasteiger charge is 2.56. The minimum atomic E-state index is 0.0104. The molecule has 6 atom stereocenters. The van der Waals surface area contributed by atoms with Crippen LogP contribution in [0.25, 0.3) is 0 Å². The molecule has 0 amide bonds. The molecule has 3 rings (SSSR count). The van der Waals surface area contributed by atoms with Gasteiger partial charge in [-0.05, 0) is 67.1 Å². The molecule has 1 N–H and O–H groups in total. The zero-order valence-electron chi connectivity index (χ0n) is 11.7. The summed E-state index contributed by atoms with van der Waals surface area (Å²) in [6, 6.07) is 0. The van der Waals surface area contributed by atoms with Crippen molar-refractivity contribution < 1.29 is 5.11 Å². The molecule has 0 aromatic rings. The van der Waals surface area contributed by atoms with Crippen molar-refractivity contribution in [3.8, 4) is 0 Å². The summed E-state index contributed by atoms with van der Waals surface area (Å²) in [4.78, 5) is 0. The van der Waals surface area contributed by atoms with E-state index in [0.717, 1.165) is 42.4 Å². The molecular formula is C16H28O. The Morgan fingerprint density at radius 3 is 2.29 bits per heavy atom. The van der Waals surface area contributed by atoms with E-state index >= 15 is 0 Å². The van der Waals surface area contributed by atoms with Crippen molar-refractivity contribution in [1.82, 2.24) is 0 Å². The van der Waals surface area contributed by atoms with Crippen LogP contribution in [0.2, 0.25) is 0 Å². The van der Waals surface area contributed by atoms with E-state index in [0.29, 0.717) is 5.41 Å². The lowest BCUT2D eigenvalue weighted by molar-refractivity contribution is 0.0247. The van der Waals surface area contributed by atoms with Crippen LogP contribution in [0.15, 0.2) is 0 Å². The van der Waals surface area contributed by atoms with Gasteiger partial charge in [0.15, 0.2) is 0 Å². The third kappa shape index (κ3) is 1.77. The van der Waals surface area contributed by atoms with Crippen LogP contribution in [0, 0.1) is 35.0 Å². The van der Waals surface area contributed by atoms with Gasteiger partial charge in [-0.1, -0.05) is 27.2 Å². The van der Waals surface area contributed by atoms with Crippen molar-refractivity contribution in [2.24, 2.45) is 35.0 Å². The van der Waals surface area contributed by atoms with Crippen molar-refractivity contribution in [2.75, 3.05) is 0 Å². The monoisotopic (exact) mass is 236 g/mol. The predicted molar refractivity (Wildman–Crippen MR) is 70.6 cm³/mol. The maximum Gasteiger partial charge on any atom is 0.0543 e. The summed E-state index contributed by atoms with van der Waals surface area (Å²) in [7, 11) is 0. The molecule has 0 aliphatic heterocycles. The SMILES string of the molecule is CC1[C@H]2C[C@@H](CC2C2CCCC(O)C2)C1(C)C. The van der Waals surface area contributed by atoms with Crippen molar-refractivity contribution >= 4 is 0 Å². The van der Waals surface area contributed by atoms with Crippen LogP contribution in [-0.4, -0.2) is 11.2 Å². The molecule has 0 aromatic carbocycles. The minimum Gasteiger partial charge on any atom is -0.393 e. The fourth-order valence-corrected chi connectivity index (χ4v) is 5.34. The zero-order chi connectivity index (χ0) is 12.2. The molecule has 0 spiro atoms. The molecule has 17 heavy (non-hydrogen) atoms. The molecule has 0 aromatic heterocycles. The van der Waals surface area contributed by atoms with E-state index in [1.165, 1.54) is 25.7 Å². The lowest BCUT2D eigenvalue weighted by atomic mass is 9.62. The second-order valence-electron chi connectivity index (χ2n) is 7.69. The van der Waals surface area contributed by atoms with E-state index in [1.54, 1.807) is 0 Å². The molecular weight excluding hydrogens is 208 g/mol. The molecule has 1 nitrogen and oxygen atoms in total. The third-order valence-corrected chi connectivity index (χ3v) is 6.82. The van der Waals surface area contributed by atoms with Gasteiger partial charge in [-0.25, -0.2) is 0 Å². The lowest BCUT2D eigenvalue weighted by Gasteiger charge is -2.44. The van der Waals surface area contributed by atoms with Gasteiger partial charge < -0.3 is 5.11 Å². The van der Waals surface area contributed by atoms with Crippen LogP contribution in [0.5, 0.6) is 0 Å². The number of aliphatic hydroxyl groups is 1. The number of hydrogen-bond donors (Lipinski definition) is 1. The van der Waals surface area contributed by atoms with Gasteiger partial charge in [-0.3, -0.25) is 0 Å². The summed E-state index contributed by atoms with van der Waals surface area (Å²) < 4.78 is 0. The lowest BCUT2D eigenvalue weighted by Crippen LogP contribution is -2.37. The average Bonchev–Trinajstić information content (AvgIpc) is 2.79. The van der Waals surface area contributed by atoms with E-state index in [9.17, 15) is 5.11 Å². The van der Waals surface area contributed by atoms with Crippen LogP contribution in [0.3, 0.4) is 0 Å². The normalized spacial score (nSPS) is 52.9. The van der Waals surface area contributed by atoms with Gasteiger partial charge in [0, 0.05) is 0 Å². The Morgan fingerprint density at radius 1 is 1.00 bits per heavy atom. The zero-order valence-corrected chi connectivity index (χ0v) is 11.7. The molecule has 2 bridgehead atoms. The molecule has 3 saturated carbocycles. The van der Waals surface area contributed by atoms with Crippen LogP contribution in [-0.2, 0) is 0 Å². The van der Waals surface area contributed by atoms with Gasteiger partial charge in [0.05, 0.1) is 6.10 Å². The fraction of sp³-hybridized carbons (Fsp3) is 1.00. The number of fused-ring (bicyclic) bond motifs is 2. The van der Waals surface area contributed by atoms with Crippen LogP contribution in [0.1, 0.15) is 59.3 Å². The van der Waals surface area contributed by atoms with Crippen molar-refractivity contribution in [3.63, 3.8) is 0 Å². The second-order valence-corrected chi connectivity index (χ2v) is 7.69. The van der Waals surface area contributed by atoms with Gasteiger partial charge in [-0.2, -0.15) is 0 Å². The Balaban J connectivity index is 1.72. The highest BCUT2D eigenvalue weighted by molar-refractivity contribution is 5.05. The Labute approximate surface area is 106 Å². The van der Waals surface area contributed by atoms with E-state index in [4.69, 9.17) is 0 Å². The summed E-state index contributed by atoms with van der Waals surface area (Å²) in [5.41, 5.74) is 0.578. The summed E-state index contributed by atoms with van der Waals surface area (Å²) in [6.45, 7) is 7.44. The maximum absolute atomic E-state index is 9.88. The third-order valence-electron chi connectivity index (χ3n) is 6.82. The molecule has 0 heterocycles. The molecule has 1 heteroatoms. The molecule has 4 unspecified atom stereocenters. The molecule has 0 saturated heterocycles. The number of hydrogen-bond acceptors (Lipinski definition) is 1. The summed E-state index contributed by atoms with van der Waals surface area (Å²) in [5, 5.41) is 9.88. The van der Waals surface area contributed by atoms with E-state index in [2.05, 4.69) is 20.8 Å². The Morgan fingerprint density at radius 2 is 1.71 bits per heavy atom. The fourth-order valence-electron chi connectivity index (χ4n) is 5.34. The minimum absolute atomic E-state index is 0.0104. The first kappa shape index (κ1) is 12.0. The second kappa shape index (κ2) is 3.98. The van der Waals surface area contributed by atoms with Crippen LogP contribution in [0.4, 0.5) is 0 Å². The van der Waals surface area contributed by atoms with E-state index in [-0.39, 0.29) is 6.10 Å². The smallest absolute Gasteiger partial charge is 0.0543 e. The Kier molecular flexibility index (Phi) is 2.81. The average molecular weight is 236 g/mol. The largest absolute Gasteiger partial charge is 0.393 e. The standard InChI is InChI=1S/C16H28O/c1-10-14-8-12(16(10,2)3)9-15(14)11-5-4-6-13(17)7-11/h10-15,17H,4-9H2,1-3H3/t10?,11?,12-,13?,14+,15?/m0/s1. The quantitative estimate of drug-likeness (QED) is 0.733. The first-order valence-electron chi connectivity index (χ1n) is 7.68. The molecule has 3 fully saturated rings. The van der Waals surface area contributed by atoms with Crippen LogP contribution >= 0.6 is 0 Å². The van der Waals surface area contributed by atoms with Crippen molar-refractivity contribution in [2.45, 2.75) is 65.4 Å². The van der Waals surface area contributed by atoms with Crippen molar-refractivity contribution in [3.05, 3.63) is 0 Å². The first-order valence-corrected chi connectivity index (χ1v) is 7.68. The molecule has 3 aliphatic rings. The van der Waals surface area contributed by atoms with Crippen molar-refractivity contribution in [1.29, 1.82) is 0 Å². The Bertz CT molecular complexity index is 292. The van der Waals surface area contributed by atoms with Crippen LogP contribution < -0.4 is 0 Å². The summed E-state index contributed by atoms with van der Waals surface area (Å²) in [5.74, 6) is 4.60. The van der Waals surface area contributed by atoms with E-state index < -0.39 is 0 Å². The van der Waals surface area contributed by atoms with Gasteiger partial charge in [0.2, 0.25) is 0 Å². The van der Waals surface area contributed by atoms with Gasteiger partial charge in [0.1, 0.15) is 0 Å². The summed E-state index contributed by atoms with van der Waals surface area (Å²) >= 11 is 0. The highest BCUT2D eigenvalue weighted by Crippen LogP contribution is 2.63. The highest BCUT2D eigenvalue weighted by atomic mass is 16.3. The van der Waals surface area contributed by atoms with Gasteiger partial charge in [0.25, 0.3) is 0 Å². The van der Waals surface area contributed by atoms with Gasteiger partial charge in [-0.15, -0.1) is 0 Å². The van der Waals surface area contributed by atoms with Gasteiger partial charge >= 0.3 is 0 Å². The number of aliphatic hydroxyl groups excluding tert-OH is 1. The predicted octanol–water partition coefficient (Wildman–Crippen LogP) is 3.86. The number of rotatable bonds is 1. The topological polar surface area (TPSA) is 20.2 Å². The van der Waals surface area contributed by atoms with E-state index in [1.807, 2.05) is 0 Å². The Hall–Kier alpha value is -0.0400. The maximum atomic E-state index is 9.88. The molecule has 98 valence electrons.